The minimum absolute atomic E-state index is 0.0936. The van der Waals surface area contributed by atoms with Crippen LogP contribution in [-0.4, -0.2) is 75.0 Å². The van der Waals surface area contributed by atoms with Gasteiger partial charge in [-0.25, -0.2) is 12.7 Å². The first-order chi connectivity index (χ1) is 11.8. The van der Waals surface area contributed by atoms with Crippen LogP contribution in [0, 0.1) is 5.92 Å². The lowest BCUT2D eigenvalue weighted by atomic mass is 9.96. The summed E-state index contributed by atoms with van der Waals surface area (Å²) in [7, 11) is 0.828. The maximum Gasteiger partial charge on any atom is 0.226 e. The molecule has 1 aromatic rings. The van der Waals surface area contributed by atoms with E-state index in [1.165, 1.54) is 10.6 Å². The highest BCUT2D eigenvalue weighted by Gasteiger charge is 2.31. The molecule has 0 aliphatic carbocycles. The van der Waals surface area contributed by atoms with Crippen LogP contribution < -0.4 is 0 Å². The highest BCUT2D eigenvalue weighted by molar-refractivity contribution is 7.88. The second-order valence-electron chi connectivity index (χ2n) is 6.98. The van der Waals surface area contributed by atoms with Crippen molar-refractivity contribution in [2.75, 3.05) is 46.5 Å². The van der Waals surface area contributed by atoms with Crippen molar-refractivity contribution in [2.45, 2.75) is 19.4 Å². The van der Waals surface area contributed by atoms with Crippen molar-refractivity contribution < 1.29 is 13.2 Å². The van der Waals surface area contributed by atoms with E-state index in [0.717, 1.165) is 12.1 Å². The van der Waals surface area contributed by atoms with Gasteiger partial charge in [0.1, 0.15) is 0 Å². The van der Waals surface area contributed by atoms with Gasteiger partial charge in [0.25, 0.3) is 0 Å². The number of hydrogen-bond acceptors (Lipinski definition) is 4. The molecule has 0 unspecified atom stereocenters. The van der Waals surface area contributed by atoms with E-state index < -0.39 is 10.0 Å². The molecule has 140 valence electrons. The number of rotatable bonds is 7. The lowest BCUT2D eigenvalue weighted by molar-refractivity contribution is -0.137. The van der Waals surface area contributed by atoms with Crippen molar-refractivity contribution in [3.8, 4) is 0 Å². The number of carbonyl (C=O) groups excluding carboxylic acids is 1. The maximum atomic E-state index is 13.0. The minimum atomic E-state index is -3.16. The Morgan fingerprint density at radius 2 is 1.72 bits per heavy atom. The molecule has 1 aliphatic heterocycles. The molecule has 1 saturated heterocycles. The molecule has 1 heterocycles. The van der Waals surface area contributed by atoms with Gasteiger partial charge in [-0.05, 0) is 32.5 Å². The van der Waals surface area contributed by atoms with Crippen LogP contribution in [0.1, 0.15) is 18.4 Å². The number of nitrogens with zero attached hydrogens (tertiary/aromatic N) is 3. The molecule has 0 radical (unpaired) electrons. The maximum absolute atomic E-state index is 13.0. The van der Waals surface area contributed by atoms with Gasteiger partial charge in [0.2, 0.25) is 15.9 Å². The molecule has 1 amide bonds. The summed E-state index contributed by atoms with van der Waals surface area (Å²) in [6.07, 6.45) is 2.42. The van der Waals surface area contributed by atoms with Gasteiger partial charge in [-0.1, -0.05) is 30.3 Å². The van der Waals surface area contributed by atoms with Gasteiger partial charge in [-0.2, -0.15) is 0 Å². The van der Waals surface area contributed by atoms with E-state index in [-0.39, 0.29) is 11.8 Å². The molecule has 0 N–H and O–H groups in total. The first-order valence-corrected chi connectivity index (χ1v) is 10.5. The van der Waals surface area contributed by atoms with Crippen molar-refractivity contribution >= 4 is 15.9 Å². The third-order valence-corrected chi connectivity index (χ3v) is 5.92. The predicted molar refractivity (Wildman–Crippen MR) is 99.6 cm³/mol. The van der Waals surface area contributed by atoms with E-state index in [1.54, 1.807) is 0 Å². The number of carbonyl (C=O) groups is 1. The zero-order valence-corrected chi connectivity index (χ0v) is 16.2. The molecule has 1 fully saturated rings. The lowest BCUT2D eigenvalue weighted by Gasteiger charge is -2.33. The Hall–Kier alpha value is -1.44. The van der Waals surface area contributed by atoms with Gasteiger partial charge in [0.05, 0.1) is 6.26 Å². The zero-order valence-electron chi connectivity index (χ0n) is 15.4. The highest BCUT2D eigenvalue weighted by Crippen LogP contribution is 2.22. The van der Waals surface area contributed by atoms with Crippen LogP contribution in [0.25, 0.3) is 0 Å². The molecule has 0 aromatic heterocycles. The fraction of sp³-hybridized carbons (Fsp3) is 0.611. The Morgan fingerprint density at radius 1 is 1.12 bits per heavy atom. The van der Waals surface area contributed by atoms with Gasteiger partial charge in [0, 0.05) is 38.6 Å². The van der Waals surface area contributed by atoms with Crippen LogP contribution in [0.2, 0.25) is 0 Å². The second kappa shape index (κ2) is 8.78. The fourth-order valence-electron chi connectivity index (χ4n) is 3.08. The third kappa shape index (κ3) is 6.09. The predicted octanol–water partition coefficient (Wildman–Crippen LogP) is 1.25. The fourth-order valence-corrected chi connectivity index (χ4v) is 3.96. The number of benzene rings is 1. The topological polar surface area (TPSA) is 60.9 Å². The summed E-state index contributed by atoms with van der Waals surface area (Å²) in [6.45, 7) is 2.94. The van der Waals surface area contributed by atoms with Crippen LogP contribution >= 0.6 is 0 Å². The molecule has 7 heteroatoms. The first kappa shape index (κ1) is 19.9. The molecular weight excluding hydrogens is 338 g/mol. The van der Waals surface area contributed by atoms with Gasteiger partial charge < -0.3 is 9.80 Å². The largest absolute Gasteiger partial charge is 0.337 e. The minimum Gasteiger partial charge on any atom is -0.337 e. The van der Waals surface area contributed by atoms with Crippen LogP contribution in [0.3, 0.4) is 0 Å². The van der Waals surface area contributed by atoms with Crippen LogP contribution in [0.4, 0.5) is 0 Å². The van der Waals surface area contributed by atoms with E-state index in [1.807, 2.05) is 49.3 Å². The summed E-state index contributed by atoms with van der Waals surface area (Å²) in [4.78, 5) is 17.0. The van der Waals surface area contributed by atoms with Crippen molar-refractivity contribution in [3.05, 3.63) is 35.9 Å². The van der Waals surface area contributed by atoms with Crippen molar-refractivity contribution in [3.63, 3.8) is 0 Å². The molecule has 0 atom stereocenters. The second-order valence-corrected chi connectivity index (χ2v) is 8.97. The average Bonchev–Trinajstić information content (AvgIpc) is 2.58. The van der Waals surface area contributed by atoms with Crippen molar-refractivity contribution in [1.82, 2.24) is 14.1 Å². The Kier molecular flexibility index (Phi) is 6.98. The molecule has 0 saturated carbocycles. The van der Waals surface area contributed by atoms with E-state index >= 15 is 0 Å². The molecule has 1 aliphatic rings. The molecular formula is C18H29N3O3S. The van der Waals surface area contributed by atoms with Gasteiger partial charge in [0.15, 0.2) is 0 Å². The number of piperidine rings is 1. The molecule has 2 rings (SSSR count). The number of likely N-dealkylation sites (N-methyl/N-ethyl adjacent to an activating group) is 1. The number of amides is 1. The van der Waals surface area contributed by atoms with Crippen LogP contribution in [0.5, 0.6) is 0 Å². The van der Waals surface area contributed by atoms with Crippen molar-refractivity contribution in [1.29, 1.82) is 0 Å². The average molecular weight is 368 g/mol. The van der Waals surface area contributed by atoms with Crippen LogP contribution in [-0.2, 0) is 21.4 Å². The summed E-state index contributed by atoms with van der Waals surface area (Å²) >= 11 is 0. The zero-order chi connectivity index (χ0) is 18.4. The molecule has 25 heavy (non-hydrogen) atoms. The number of hydrogen-bond donors (Lipinski definition) is 0. The summed E-state index contributed by atoms with van der Waals surface area (Å²) < 4.78 is 24.8. The standard InChI is InChI=1S/C18H29N3O3S/c1-19(2)13-14-20(15-16-7-5-4-6-8-16)18(22)17-9-11-21(12-10-17)25(3,23)24/h4-8,17H,9-15H2,1-3H3. The summed E-state index contributed by atoms with van der Waals surface area (Å²) in [5.74, 6) is 0.0442. The van der Waals surface area contributed by atoms with Gasteiger partial charge in [-0.3, -0.25) is 4.79 Å². The SMILES string of the molecule is CN(C)CCN(Cc1ccccc1)C(=O)C1CCN(S(C)(=O)=O)CC1. The Bertz CT molecular complexity index is 653. The summed E-state index contributed by atoms with van der Waals surface area (Å²) in [5, 5.41) is 0. The first-order valence-electron chi connectivity index (χ1n) is 8.70. The summed E-state index contributed by atoms with van der Waals surface area (Å²) in [5.41, 5.74) is 1.11. The molecule has 0 bridgehead atoms. The van der Waals surface area contributed by atoms with E-state index in [9.17, 15) is 13.2 Å². The molecule has 1 aromatic carbocycles. The smallest absolute Gasteiger partial charge is 0.226 e. The Morgan fingerprint density at radius 3 is 2.24 bits per heavy atom. The van der Waals surface area contributed by atoms with Crippen LogP contribution in [0.15, 0.2) is 30.3 Å². The molecule has 6 nitrogen and oxygen atoms in total. The quantitative estimate of drug-likeness (QED) is 0.728. The van der Waals surface area contributed by atoms with Gasteiger partial charge >= 0.3 is 0 Å². The van der Waals surface area contributed by atoms with Gasteiger partial charge in [-0.15, -0.1) is 0 Å². The number of sulfonamides is 1. The Labute approximate surface area is 151 Å². The monoisotopic (exact) mass is 367 g/mol. The Balaban J connectivity index is 2.02. The van der Waals surface area contributed by atoms with E-state index in [4.69, 9.17) is 0 Å². The van der Waals surface area contributed by atoms with Crippen molar-refractivity contribution in [2.24, 2.45) is 5.92 Å². The normalized spacial score (nSPS) is 17.0. The summed E-state index contributed by atoms with van der Waals surface area (Å²) in [6, 6.07) is 9.99. The van der Waals surface area contributed by atoms with E-state index in [2.05, 4.69) is 4.90 Å². The highest BCUT2D eigenvalue weighted by atomic mass is 32.2. The van der Waals surface area contributed by atoms with E-state index in [0.29, 0.717) is 39.0 Å². The molecule has 0 spiro atoms. The lowest BCUT2D eigenvalue weighted by Crippen LogP contribution is -2.45. The third-order valence-electron chi connectivity index (χ3n) is 4.62.